The molecule has 0 spiro atoms. The van der Waals surface area contributed by atoms with Crippen LogP contribution in [0.25, 0.3) is 0 Å². The molecule has 0 aliphatic rings. The average molecular weight is 195 g/mol. The fraction of sp³-hybridized carbons (Fsp3) is 0. The van der Waals surface area contributed by atoms with Gasteiger partial charge in [-0.05, 0) is 24.3 Å². The molecular formula is C9H7ClN2O. The summed E-state index contributed by atoms with van der Waals surface area (Å²) >= 11 is 5.73. The lowest BCUT2D eigenvalue weighted by atomic mass is 10.3. The van der Waals surface area contributed by atoms with Crippen molar-refractivity contribution in [3.05, 3.63) is 41.6 Å². The van der Waals surface area contributed by atoms with Crippen LogP contribution in [-0.4, -0.2) is 5.16 Å². The van der Waals surface area contributed by atoms with Gasteiger partial charge in [0.1, 0.15) is 6.26 Å². The number of hydrogen-bond donors (Lipinski definition) is 1. The Labute approximate surface area is 80.3 Å². The van der Waals surface area contributed by atoms with Gasteiger partial charge >= 0.3 is 0 Å². The molecule has 0 aliphatic heterocycles. The van der Waals surface area contributed by atoms with E-state index in [0.717, 1.165) is 5.69 Å². The monoisotopic (exact) mass is 194 g/mol. The van der Waals surface area contributed by atoms with Gasteiger partial charge in [0.15, 0.2) is 5.82 Å². The summed E-state index contributed by atoms with van der Waals surface area (Å²) in [5, 5.41) is 7.48. The van der Waals surface area contributed by atoms with Gasteiger partial charge in [0, 0.05) is 16.8 Å². The van der Waals surface area contributed by atoms with Gasteiger partial charge < -0.3 is 9.84 Å². The molecule has 0 unspecified atom stereocenters. The minimum Gasteiger partial charge on any atom is -0.363 e. The van der Waals surface area contributed by atoms with Gasteiger partial charge in [-0.15, -0.1) is 0 Å². The predicted molar refractivity (Wildman–Crippen MR) is 51.2 cm³/mol. The molecule has 0 bridgehead atoms. The molecule has 1 N–H and O–H groups in total. The van der Waals surface area contributed by atoms with Crippen molar-refractivity contribution in [3.8, 4) is 0 Å². The summed E-state index contributed by atoms with van der Waals surface area (Å²) in [5.74, 6) is 0.683. The highest BCUT2D eigenvalue weighted by atomic mass is 35.5. The van der Waals surface area contributed by atoms with E-state index in [0.29, 0.717) is 10.8 Å². The highest BCUT2D eigenvalue weighted by Gasteiger charge is 1.96. The lowest BCUT2D eigenvalue weighted by Crippen LogP contribution is -1.88. The molecule has 0 radical (unpaired) electrons. The first-order chi connectivity index (χ1) is 6.34. The fourth-order valence-corrected chi connectivity index (χ4v) is 1.08. The van der Waals surface area contributed by atoms with E-state index in [1.54, 1.807) is 6.07 Å². The lowest BCUT2D eigenvalue weighted by Gasteiger charge is -2.00. The molecule has 2 rings (SSSR count). The van der Waals surface area contributed by atoms with Crippen LogP contribution in [0.2, 0.25) is 5.02 Å². The number of benzene rings is 1. The molecule has 66 valence electrons. The highest BCUT2D eigenvalue weighted by Crippen LogP contribution is 2.17. The average Bonchev–Trinajstić information content (AvgIpc) is 2.62. The summed E-state index contributed by atoms with van der Waals surface area (Å²) < 4.78 is 4.67. The first kappa shape index (κ1) is 8.13. The molecule has 1 heterocycles. The maximum Gasteiger partial charge on any atom is 0.173 e. The van der Waals surface area contributed by atoms with Gasteiger partial charge in [-0.2, -0.15) is 0 Å². The summed E-state index contributed by atoms with van der Waals surface area (Å²) in [4.78, 5) is 0. The zero-order valence-corrected chi connectivity index (χ0v) is 7.45. The molecule has 0 amide bonds. The van der Waals surface area contributed by atoms with Crippen molar-refractivity contribution in [1.29, 1.82) is 0 Å². The third kappa shape index (κ3) is 2.00. The Morgan fingerprint density at radius 2 is 1.92 bits per heavy atom. The third-order valence-electron chi connectivity index (χ3n) is 1.55. The van der Waals surface area contributed by atoms with Crippen LogP contribution in [0.5, 0.6) is 0 Å². The summed E-state index contributed by atoms with van der Waals surface area (Å²) in [6.45, 7) is 0. The maximum absolute atomic E-state index is 5.73. The van der Waals surface area contributed by atoms with Crippen molar-refractivity contribution < 1.29 is 4.52 Å². The second-order valence-electron chi connectivity index (χ2n) is 2.52. The van der Waals surface area contributed by atoms with Gasteiger partial charge in [-0.3, -0.25) is 0 Å². The number of rotatable bonds is 2. The maximum atomic E-state index is 5.73. The second-order valence-corrected chi connectivity index (χ2v) is 2.95. The van der Waals surface area contributed by atoms with Crippen molar-refractivity contribution in [1.82, 2.24) is 5.16 Å². The van der Waals surface area contributed by atoms with Crippen LogP contribution < -0.4 is 5.32 Å². The van der Waals surface area contributed by atoms with Gasteiger partial charge in [-0.25, -0.2) is 0 Å². The van der Waals surface area contributed by atoms with E-state index >= 15 is 0 Å². The molecule has 13 heavy (non-hydrogen) atoms. The Balaban J connectivity index is 2.15. The highest BCUT2D eigenvalue weighted by molar-refractivity contribution is 6.30. The van der Waals surface area contributed by atoms with Gasteiger partial charge in [0.25, 0.3) is 0 Å². The molecule has 3 nitrogen and oxygen atoms in total. The van der Waals surface area contributed by atoms with E-state index in [1.165, 1.54) is 6.26 Å². The van der Waals surface area contributed by atoms with Crippen LogP contribution in [0.1, 0.15) is 0 Å². The summed E-state index contributed by atoms with van der Waals surface area (Å²) in [6, 6.07) is 9.11. The molecule has 2 aromatic rings. The van der Waals surface area contributed by atoms with Gasteiger partial charge in [0.2, 0.25) is 0 Å². The molecule has 4 heteroatoms. The first-order valence-electron chi connectivity index (χ1n) is 3.77. The van der Waals surface area contributed by atoms with Crippen molar-refractivity contribution >= 4 is 23.1 Å². The number of hydrogen-bond acceptors (Lipinski definition) is 3. The first-order valence-corrected chi connectivity index (χ1v) is 4.15. The smallest absolute Gasteiger partial charge is 0.173 e. The zero-order chi connectivity index (χ0) is 9.10. The molecule has 0 atom stereocenters. The Morgan fingerprint density at radius 3 is 2.54 bits per heavy atom. The fourth-order valence-electron chi connectivity index (χ4n) is 0.958. The SMILES string of the molecule is Clc1ccc(Nc2ccon2)cc1. The Kier molecular flexibility index (Phi) is 2.19. The van der Waals surface area contributed by atoms with Crippen LogP contribution in [-0.2, 0) is 0 Å². The standard InChI is InChI=1S/C9H7ClN2O/c10-7-1-3-8(4-2-7)11-9-5-6-13-12-9/h1-6H,(H,11,12). The zero-order valence-electron chi connectivity index (χ0n) is 6.70. The minimum absolute atomic E-state index is 0.683. The largest absolute Gasteiger partial charge is 0.363 e. The van der Waals surface area contributed by atoms with E-state index < -0.39 is 0 Å². The van der Waals surface area contributed by atoms with E-state index in [2.05, 4.69) is 15.0 Å². The van der Waals surface area contributed by atoms with Crippen LogP contribution in [0.15, 0.2) is 41.1 Å². The van der Waals surface area contributed by atoms with Crippen molar-refractivity contribution in [3.63, 3.8) is 0 Å². The number of halogens is 1. The molecule has 1 aromatic heterocycles. The number of aromatic nitrogens is 1. The Hall–Kier alpha value is -1.48. The summed E-state index contributed by atoms with van der Waals surface area (Å²) in [5.41, 5.74) is 0.929. The van der Waals surface area contributed by atoms with Gasteiger partial charge in [0.05, 0.1) is 0 Å². The van der Waals surface area contributed by atoms with E-state index in [-0.39, 0.29) is 0 Å². The topological polar surface area (TPSA) is 38.1 Å². The minimum atomic E-state index is 0.683. The van der Waals surface area contributed by atoms with E-state index in [4.69, 9.17) is 11.6 Å². The normalized spacial score (nSPS) is 9.92. The molecule has 0 aliphatic carbocycles. The van der Waals surface area contributed by atoms with Crippen molar-refractivity contribution in [2.24, 2.45) is 0 Å². The predicted octanol–water partition coefficient (Wildman–Crippen LogP) is 3.07. The van der Waals surface area contributed by atoms with E-state index in [1.807, 2.05) is 24.3 Å². The van der Waals surface area contributed by atoms with Crippen LogP contribution in [0.3, 0.4) is 0 Å². The molecule has 0 saturated heterocycles. The molecule has 0 fully saturated rings. The quantitative estimate of drug-likeness (QED) is 0.799. The van der Waals surface area contributed by atoms with Crippen molar-refractivity contribution in [2.45, 2.75) is 0 Å². The van der Waals surface area contributed by atoms with Crippen molar-refractivity contribution in [2.75, 3.05) is 5.32 Å². The Morgan fingerprint density at radius 1 is 1.15 bits per heavy atom. The van der Waals surface area contributed by atoms with Crippen LogP contribution in [0.4, 0.5) is 11.5 Å². The summed E-state index contributed by atoms with van der Waals surface area (Å²) in [7, 11) is 0. The molecular weight excluding hydrogens is 188 g/mol. The Bertz CT molecular complexity index is 369. The number of nitrogens with zero attached hydrogens (tertiary/aromatic N) is 1. The third-order valence-corrected chi connectivity index (χ3v) is 1.81. The second kappa shape index (κ2) is 3.49. The van der Waals surface area contributed by atoms with E-state index in [9.17, 15) is 0 Å². The number of nitrogens with one attached hydrogen (secondary N) is 1. The molecule has 0 saturated carbocycles. The number of anilines is 2. The van der Waals surface area contributed by atoms with Crippen LogP contribution >= 0.6 is 11.6 Å². The summed E-state index contributed by atoms with van der Waals surface area (Å²) in [6.07, 6.45) is 1.51. The molecule has 1 aromatic carbocycles. The van der Waals surface area contributed by atoms with Gasteiger partial charge in [-0.1, -0.05) is 16.8 Å². The van der Waals surface area contributed by atoms with Crippen LogP contribution in [0, 0.1) is 0 Å². The lowest BCUT2D eigenvalue weighted by molar-refractivity contribution is 0.423.